The van der Waals surface area contributed by atoms with E-state index in [2.05, 4.69) is 25.3 Å². The van der Waals surface area contributed by atoms with Crippen LogP contribution in [0.15, 0.2) is 42.9 Å². The van der Waals surface area contributed by atoms with Gasteiger partial charge in [-0.2, -0.15) is 0 Å². The Labute approximate surface area is 156 Å². The number of rotatable bonds is 3. The van der Waals surface area contributed by atoms with Gasteiger partial charge in [0.05, 0.1) is 22.1 Å². The first-order valence-electron chi connectivity index (χ1n) is 9.17. The third kappa shape index (κ3) is 2.45. The molecule has 5 rings (SSSR count). The summed E-state index contributed by atoms with van der Waals surface area (Å²) in [6, 6.07) is 8.20. The zero-order valence-corrected chi connectivity index (χ0v) is 15.3. The number of aromatic nitrogens is 4. The minimum atomic E-state index is -0.616. The molecular formula is C20H20N6O. The number of anilines is 2. The highest BCUT2D eigenvalue weighted by Gasteiger charge is 2.51. The Morgan fingerprint density at radius 2 is 1.85 bits per heavy atom. The van der Waals surface area contributed by atoms with Gasteiger partial charge in [0.2, 0.25) is 5.91 Å². The maximum Gasteiger partial charge on any atom is 0.240 e. The molecule has 0 saturated heterocycles. The summed E-state index contributed by atoms with van der Waals surface area (Å²) >= 11 is 0. The van der Waals surface area contributed by atoms with Gasteiger partial charge in [-0.15, -0.1) is 0 Å². The van der Waals surface area contributed by atoms with Crippen LogP contribution in [0, 0.1) is 0 Å². The topological polar surface area (TPSA) is 83.9 Å². The number of amides is 1. The molecular weight excluding hydrogens is 340 g/mol. The maximum absolute atomic E-state index is 12.9. The highest BCUT2D eigenvalue weighted by atomic mass is 16.2. The number of carbonyl (C=O) groups excluding carboxylic acids is 1. The molecule has 1 aliphatic carbocycles. The minimum absolute atomic E-state index is 0.0852. The molecule has 7 nitrogen and oxygen atoms in total. The standard InChI is InChI=1S/C20H20N6O/c1-20(2)17-18(23-9-8-22-17)26(19(20)27)13-10-12(11-13)24-16-6-5-14-15(25-16)4-3-7-21-14/h3-9,12-13H,10-11H2,1-2H3,(H,24,25)/t12-,13-. The second-order valence-electron chi connectivity index (χ2n) is 7.73. The third-order valence-electron chi connectivity index (χ3n) is 5.54. The number of nitrogens with one attached hydrogen (secondary N) is 1. The Bertz CT molecular complexity index is 1040. The lowest BCUT2D eigenvalue weighted by atomic mass is 9.84. The third-order valence-corrected chi connectivity index (χ3v) is 5.54. The van der Waals surface area contributed by atoms with Crippen LogP contribution in [-0.4, -0.2) is 37.9 Å². The highest BCUT2D eigenvalue weighted by molar-refractivity contribution is 6.06. The molecule has 3 aromatic rings. The van der Waals surface area contributed by atoms with E-state index in [-0.39, 0.29) is 18.0 Å². The van der Waals surface area contributed by atoms with Gasteiger partial charge in [-0.3, -0.25) is 19.7 Å². The fourth-order valence-corrected chi connectivity index (χ4v) is 3.95. The molecule has 136 valence electrons. The highest BCUT2D eigenvalue weighted by Crippen LogP contribution is 2.43. The summed E-state index contributed by atoms with van der Waals surface area (Å²) in [5.41, 5.74) is 1.92. The zero-order chi connectivity index (χ0) is 18.6. The number of hydrogen-bond donors (Lipinski definition) is 1. The van der Waals surface area contributed by atoms with Crippen molar-refractivity contribution in [3.05, 3.63) is 48.5 Å². The molecule has 0 unspecified atom stereocenters. The molecule has 0 spiro atoms. The van der Waals surface area contributed by atoms with E-state index in [4.69, 9.17) is 0 Å². The van der Waals surface area contributed by atoms with E-state index < -0.39 is 5.41 Å². The lowest BCUT2D eigenvalue weighted by molar-refractivity contribution is -0.123. The molecule has 0 aromatic carbocycles. The Hall–Kier alpha value is -3.09. The van der Waals surface area contributed by atoms with E-state index in [1.165, 1.54) is 0 Å². The van der Waals surface area contributed by atoms with Crippen LogP contribution in [0.25, 0.3) is 11.0 Å². The van der Waals surface area contributed by atoms with Crippen molar-refractivity contribution in [1.29, 1.82) is 0 Å². The Morgan fingerprint density at radius 3 is 2.70 bits per heavy atom. The molecule has 7 heteroatoms. The van der Waals surface area contributed by atoms with Crippen LogP contribution in [0.4, 0.5) is 11.6 Å². The number of carbonyl (C=O) groups is 1. The fourth-order valence-electron chi connectivity index (χ4n) is 3.95. The van der Waals surface area contributed by atoms with Crippen molar-refractivity contribution >= 4 is 28.6 Å². The minimum Gasteiger partial charge on any atom is -0.367 e. The van der Waals surface area contributed by atoms with Crippen LogP contribution in [0.3, 0.4) is 0 Å². The summed E-state index contributed by atoms with van der Waals surface area (Å²) in [6.07, 6.45) is 6.81. The molecule has 1 aliphatic heterocycles. The van der Waals surface area contributed by atoms with Crippen molar-refractivity contribution in [1.82, 2.24) is 19.9 Å². The van der Waals surface area contributed by atoms with Gasteiger partial charge in [-0.05, 0) is 51.0 Å². The van der Waals surface area contributed by atoms with Gasteiger partial charge < -0.3 is 5.32 Å². The fraction of sp³-hybridized carbons (Fsp3) is 0.350. The van der Waals surface area contributed by atoms with Crippen LogP contribution in [-0.2, 0) is 10.2 Å². The predicted octanol–water partition coefficient (Wildman–Crippen LogP) is 2.69. The van der Waals surface area contributed by atoms with Crippen molar-refractivity contribution in [2.24, 2.45) is 0 Å². The second-order valence-corrected chi connectivity index (χ2v) is 7.73. The predicted molar refractivity (Wildman–Crippen MR) is 103 cm³/mol. The maximum atomic E-state index is 12.9. The van der Waals surface area contributed by atoms with Crippen molar-refractivity contribution in [2.45, 2.75) is 44.2 Å². The van der Waals surface area contributed by atoms with Gasteiger partial charge in [0.15, 0.2) is 5.82 Å². The van der Waals surface area contributed by atoms with Crippen LogP contribution in [0.5, 0.6) is 0 Å². The van der Waals surface area contributed by atoms with E-state index in [9.17, 15) is 4.79 Å². The first kappa shape index (κ1) is 16.1. The molecule has 1 amide bonds. The lowest BCUT2D eigenvalue weighted by Crippen LogP contribution is -2.53. The van der Waals surface area contributed by atoms with E-state index in [0.717, 1.165) is 35.4 Å². The second kappa shape index (κ2) is 5.70. The zero-order valence-electron chi connectivity index (χ0n) is 15.3. The SMILES string of the molecule is CC1(C)C(=O)N([C@H]2C[C@H](Nc3ccc4ncccc4n3)C2)c2nccnc21. The van der Waals surface area contributed by atoms with Crippen LogP contribution < -0.4 is 10.2 Å². The number of nitrogens with zero attached hydrogens (tertiary/aromatic N) is 5. The van der Waals surface area contributed by atoms with Gasteiger partial charge >= 0.3 is 0 Å². The van der Waals surface area contributed by atoms with Crippen molar-refractivity contribution < 1.29 is 4.79 Å². The molecule has 4 heterocycles. The van der Waals surface area contributed by atoms with E-state index in [1.54, 1.807) is 18.6 Å². The largest absolute Gasteiger partial charge is 0.367 e. The van der Waals surface area contributed by atoms with E-state index in [0.29, 0.717) is 5.82 Å². The Balaban J connectivity index is 1.31. The lowest BCUT2D eigenvalue weighted by Gasteiger charge is -2.41. The summed E-state index contributed by atoms with van der Waals surface area (Å²) in [4.78, 5) is 32.5. The summed E-state index contributed by atoms with van der Waals surface area (Å²) < 4.78 is 0. The average Bonchev–Trinajstić information content (AvgIpc) is 2.85. The molecule has 27 heavy (non-hydrogen) atoms. The normalized spacial score (nSPS) is 23.2. The number of pyridine rings is 2. The van der Waals surface area contributed by atoms with Gasteiger partial charge in [-0.1, -0.05) is 0 Å². The van der Waals surface area contributed by atoms with Gasteiger partial charge in [-0.25, -0.2) is 9.97 Å². The molecule has 0 bridgehead atoms. The van der Waals surface area contributed by atoms with Gasteiger partial charge in [0.25, 0.3) is 0 Å². The molecule has 0 atom stereocenters. The molecule has 1 fully saturated rings. The van der Waals surface area contributed by atoms with Crippen molar-refractivity contribution in [2.75, 3.05) is 10.2 Å². The summed E-state index contributed by atoms with van der Waals surface area (Å²) in [5, 5.41) is 3.47. The molecule has 3 aromatic heterocycles. The van der Waals surface area contributed by atoms with E-state index >= 15 is 0 Å². The van der Waals surface area contributed by atoms with Crippen molar-refractivity contribution in [3.8, 4) is 0 Å². The van der Waals surface area contributed by atoms with E-state index in [1.807, 2.05) is 43.0 Å². The molecule has 2 aliphatic rings. The van der Waals surface area contributed by atoms with Crippen LogP contribution in [0.2, 0.25) is 0 Å². The van der Waals surface area contributed by atoms with Crippen LogP contribution in [0.1, 0.15) is 32.4 Å². The summed E-state index contributed by atoms with van der Waals surface area (Å²) in [5.74, 6) is 1.64. The number of hydrogen-bond acceptors (Lipinski definition) is 6. The van der Waals surface area contributed by atoms with Crippen LogP contribution >= 0.6 is 0 Å². The monoisotopic (exact) mass is 360 g/mol. The van der Waals surface area contributed by atoms with Gasteiger partial charge in [0, 0.05) is 30.7 Å². The Kier molecular flexibility index (Phi) is 3.40. The van der Waals surface area contributed by atoms with Gasteiger partial charge in [0.1, 0.15) is 5.82 Å². The molecule has 0 radical (unpaired) electrons. The Morgan fingerprint density at radius 1 is 1.04 bits per heavy atom. The smallest absolute Gasteiger partial charge is 0.240 e. The summed E-state index contributed by atoms with van der Waals surface area (Å²) in [6.45, 7) is 3.84. The quantitative estimate of drug-likeness (QED) is 0.773. The first-order chi connectivity index (χ1) is 13.0. The average molecular weight is 360 g/mol. The summed E-state index contributed by atoms with van der Waals surface area (Å²) in [7, 11) is 0. The van der Waals surface area contributed by atoms with Crippen molar-refractivity contribution in [3.63, 3.8) is 0 Å². The molecule has 1 saturated carbocycles. The number of fused-ring (bicyclic) bond motifs is 2. The first-order valence-corrected chi connectivity index (χ1v) is 9.17. The molecule has 1 N–H and O–H groups in total.